The lowest BCUT2D eigenvalue weighted by atomic mass is 10.00. The third-order valence-electron chi connectivity index (χ3n) is 8.96. The molecule has 0 aliphatic rings. The number of hydrogen-bond acceptors (Lipinski definition) is 2. The van der Waals surface area contributed by atoms with Crippen LogP contribution < -0.4 is 11.5 Å². The SMILES string of the molecule is NC(=O)CCCCCCCC=CCC=CCCCCCCc1cccc(CCCCCCC=CCC=CCCCCCCCC(N)=O)c1. The minimum absolute atomic E-state index is 0.175. The van der Waals surface area contributed by atoms with Crippen LogP contribution in [-0.2, 0) is 22.4 Å². The van der Waals surface area contributed by atoms with E-state index in [4.69, 9.17) is 11.5 Å². The highest BCUT2D eigenvalue weighted by Gasteiger charge is 1.99. The maximum Gasteiger partial charge on any atom is 0.217 e. The Labute approximate surface area is 296 Å². The van der Waals surface area contributed by atoms with Gasteiger partial charge in [0.1, 0.15) is 0 Å². The van der Waals surface area contributed by atoms with Crippen molar-refractivity contribution < 1.29 is 9.59 Å². The van der Waals surface area contributed by atoms with E-state index in [1.165, 1.54) is 127 Å². The second-order valence-corrected chi connectivity index (χ2v) is 13.6. The minimum atomic E-state index is -0.175. The molecule has 4 heteroatoms. The molecule has 2 amide bonds. The van der Waals surface area contributed by atoms with Gasteiger partial charge in [-0.25, -0.2) is 0 Å². The normalized spacial score (nSPS) is 12.0. The number of rotatable bonds is 34. The standard InChI is InChI=1S/C44H72N2O2/c45-43(47)38-31-27-23-19-15-11-7-3-1-5-9-13-17-21-25-29-34-41-36-33-37-42(40-41)35-30-26-22-18-14-10-6-2-4-8-12-16-20-24-28-32-39-44(46)48/h3-10,33,36-37,40H,1-2,11-32,34-35,38-39H2,(H2,45,47)(H2,46,48). The van der Waals surface area contributed by atoms with Gasteiger partial charge in [-0.3, -0.25) is 9.59 Å². The molecule has 4 N–H and O–H groups in total. The number of carbonyl (C=O) groups is 2. The quantitative estimate of drug-likeness (QED) is 0.0569. The van der Waals surface area contributed by atoms with Crippen LogP contribution in [0.5, 0.6) is 0 Å². The Hall–Kier alpha value is -2.88. The summed E-state index contributed by atoms with van der Waals surface area (Å²) >= 11 is 0. The number of unbranched alkanes of at least 4 members (excludes halogenated alkanes) is 18. The van der Waals surface area contributed by atoms with E-state index in [1.54, 1.807) is 0 Å². The van der Waals surface area contributed by atoms with Gasteiger partial charge in [-0.05, 0) is 114 Å². The zero-order valence-electron chi connectivity index (χ0n) is 30.7. The Bertz CT molecular complexity index is 945. The van der Waals surface area contributed by atoms with E-state index < -0.39 is 0 Å². The molecule has 0 aliphatic heterocycles. The average molecular weight is 661 g/mol. The van der Waals surface area contributed by atoms with Gasteiger partial charge in [0.15, 0.2) is 0 Å². The van der Waals surface area contributed by atoms with E-state index in [0.29, 0.717) is 12.8 Å². The van der Waals surface area contributed by atoms with Crippen molar-refractivity contribution >= 4 is 11.8 Å². The van der Waals surface area contributed by atoms with Crippen LogP contribution >= 0.6 is 0 Å². The summed E-state index contributed by atoms with van der Waals surface area (Å²) in [5.74, 6) is -0.349. The zero-order chi connectivity index (χ0) is 34.6. The lowest BCUT2D eigenvalue weighted by Gasteiger charge is -2.06. The minimum Gasteiger partial charge on any atom is -0.370 e. The number of amides is 2. The fourth-order valence-electron chi connectivity index (χ4n) is 6.03. The van der Waals surface area contributed by atoms with E-state index in [0.717, 1.165) is 51.4 Å². The van der Waals surface area contributed by atoms with Gasteiger partial charge in [0, 0.05) is 12.8 Å². The molecule has 0 bridgehead atoms. The number of benzene rings is 1. The summed E-state index contributed by atoms with van der Waals surface area (Å²) in [6.07, 6.45) is 50.9. The molecule has 1 aromatic carbocycles. The molecular formula is C44H72N2O2. The largest absolute Gasteiger partial charge is 0.370 e. The van der Waals surface area contributed by atoms with Gasteiger partial charge in [-0.1, -0.05) is 137 Å². The molecule has 48 heavy (non-hydrogen) atoms. The molecule has 0 radical (unpaired) electrons. The zero-order valence-corrected chi connectivity index (χ0v) is 30.7. The number of aryl methyl sites for hydroxylation is 2. The molecule has 0 saturated heterocycles. The van der Waals surface area contributed by atoms with E-state index in [-0.39, 0.29) is 11.8 Å². The Morgan fingerprint density at radius 2 is 0.729 bits per heavy atom. The highest BCUT2D eigenvalue weighted by molar-refractivity contribution is 5.73. The highest BCUT2D eigenvalue weighted by Crippen LogP contribution is 2.15. The number of hydrogen-bond donors (Lipinski definition) is 2. The Balaban J connectivity index is 1.92. The topological polar surface area (TPSA) is 86.2 Å². The van der Waals surface area contributed by atoms with E-state index in [9.17, 15) is 9.59 Å². The second kappa shape index (κ2) is 34.0. The van der Waals surface area contributed by atoms with E-state index in [1.807, 2.05) is 0 Å². The number of nitrogens with two attached hydrogens (primary N) is 2. The van der Waals surface area contributed by atoms with Crippen molar-refractivity contribution in [1.29, 1.82) is 0 Å². The number of allylic oxidation sites excluding steroid dienone is 8. The molecule has 1 aromatic rings. The first-order valence-electron chi connectivity index (χ1n) is 19.8. The average Bonchev–Trinajstić information content (AvgIpc) is 3.07. The first-order valence-corrected chi connectivity index (χ1v) is 19.8. The third kappa shape index (κ3) is 31.7. The second-order valence-electron chi connectivity index (χ2n) is 13.6. The summed E-state index contributed by atoms with van der Waals surface area (Å²) < 4.78 is 0. The number of primary amides is 2. The van der Waals surface area contributed by atoms with Crippen LogP contribution in [0.15, 0.2) is 72.9 Å². The van der Waals surface area contributed by atoms with Crippen molar-refractivity contribution in [2.75, 3.05) is 0 Å². The first kappa shape index (κ1) is 43.1. The van der Waals surface area contributed by atoms with Crippen LogP contribution in [0.4, 0.5) is 0 Å². The van der Waals surface area contributed by atoms with Gasteiger partial charge < -0.3 is 11.5 Å². The van der Waals surface area contributed by atoms with Crippen LogP contribution in [0.25, 0.3) is 0 Å². The van der Waals surface area contributed by atoms with E-state index in [2.05, 4.69) is 72.9 Å². The fourth-order valence-corrected chi connectivity index (χ4v) is 6.03. The maximum atomic E-state index is 10.7. The van der Waals surface area contributed by atoms with Gasteiger partial charge in [-0.15, -0.1) is 0 Å². The summed E-state index contributed by atoms with van der Waals surface area (Å²) in [5.41, 5.74) is 13.4. The molecule has 0 saturated carbocycles. The summed E-state index contributed by atoms with van der Waals surface area (Å²) in [6.45, 7) is 0. The smallest absolute Gasteiger partial charge is 0.217 e. The first-order chi connectivity index (χ1) is 23.6. The van der Waals surface area contributed by atoms with Crippen LogP contribution in [0.2, 0.25) is 0 Å². The molecule has 0 atom stereocenters. The maximum absolute atomic E-state index is 10.7. The van der Waals surface area contributed by atoms with Gasteiger partial charge in [-0.2, -0.15) is 0 Å². The molecule has 0 spiro atoms. The predicted octanol–water partition coefficient (Wildman–Crippen LogP) is 12.1. The summed E-state index contributed by atoms with van der Waals surface area (Å²) in [6, 6.07) is 9.33. The Kier molecular flexibility index (Phi) is 30.6. The summed E-state index contributed by atoms with van der Waals surface area (Å²) in [4.78, 5) is 21.4. The monoisotopic (exact) mass is 661 g/mol. The van der Waals surface area contributed by atoms with Crippen LogP contribution in [0, 0.1) is 0 Å². The lowest BCUT2D eigenvalue weighted by molar-refractivity contribution is -0.119. The molecule has 0 unspecified atom stereocenters. The Morgan fingerprint density at radius 1 is 0.417 bits per heavy atom. The predicted molar refractivity (Wildman–Crippen MR) is 209 cm³/mol. The van der Waals surface area contributed by atoms with Gasteiger partial charge in [0.25, 0.3) is 0 Å². The molecule has 4 nitrogen and oxygen atoms in total. The van der Waals surface area contributed by atoms with Crippen LogP contribution in [0.3, 0.4) is 0 Å². The molecule has 0 heterocycles. The Morgan fingerprint density at radius 3 is 1.08 bits per heavy atom. The number of carbonyl (C=O) groups excluding carboxylic acids is 2. The fraction of sp³-hybridized carbons (Fsp3) is 0.636. The van der Waals surface area contributed by atoms with Crippen LogP contribution in [-0.4, -0.2) is 11.8 Å². The van der Waals surface area contributed by atoms with E-state index >= 15 is 0 Å². The van der Waals surface area contributed by atoms with Gasteiger partial charge >= 0.3 is 0 Å². The molecular weight excluding hydrogens is 588 g/mol. The van der Waals surface area contributed by atoms with Crippen molar-refractivity contribution in [2.45, 2.75) is 180 Å². The lowest BCUT2D eigenvalue weighted by Crippen LogP contribution is -2.09. The van der Waals surface area contributed by atoms with Gasteiger partial charge in [0.05, 0.1) is 0 Å². The molecule has 0 aliphatic carbocycles. The van der Waals surface area contributed by atoms with Crippen LogP contribution in [0.1, 0.15) is 178 Å². The highest BCUT2D eigenvalue weighted by atomic mass is 16.1. The summed E-state index contributed by atoms with van der Waals surface area (Å²) in [7, 11) is 0. The van der Waals surface area contributed by atoms with Crippen molar-refractivity contribution in [1.82, 2.24) is 0 Å². The molecule has 0 fully saturated rings. The third-order valence-corrected chi connectivity index (χ3v) is 8.96. The molecule has 0 aromatic heterocycles. The van der Waals surface area contributed by atoms with Crippen molar-refractivity contribution in [3.05, 3.63) is 84.0 Å². The summed E-state index contributed by atoms with van der Waals surface area (Å²) in [5, 5.41) is 0. The van der Waals surface area contributed by atoms with Gasteiger partial charge in [0.2, 0.25) is 11.8 Å². The molecule has 1 rings (SSSR count). The van der Waals surface area contributed by atoms with Crippen molar-refractivity contribution in [3.8, 4) is 0 Å². The molecule has 270 valence electrons. The van der Waals surface area contributed by atoms with Crippen molar-refractivity contribution in [3.63, 3.8) is 0 Å². The van der Waals surface area contributed by atoms with Crippen molar-refractivity contribution in [2.24, 2.45) is 11.5 Å².